The number of fused-ring (bicyclic) bond motifs is 1. The smallest absolute Gasteiger partial charge is 0.321 e. The highest BCUT2D eigenvalue weighted by Gasteiger charge is 2.36. The van der Waals surface area contributed by atoms with Gasteiger partial charge in [0, 0.05) is 55.8 Å². The molecule has 6 rings (SSSR count). The number of thiazole rings is 1. The van der Waals surface area contributed by atoms with Crippen LogP contribution in [0, 0.1) is 0 Å². The van der Waals surface area contributed by atoms with Gasteiger partial charge in [0.2, 0.25) is 0 Å². The van der Waals surface area contributed by atoms with E-state index in [-0.39, 0.29) is 12.2 Å². The highest BCUT2D eigenvalue weighted by Crippen LogP contribution is 2.36. The Hall–Kier alpha value is -3.78. The van der Waals surface area contributed by atoms with E-state index in [1.165, 1.54) is 5.56 Å². The molecule has 3 aromatic rings. The van der Waals surface area contributed by atoms with E-state index < -0.39 is 17.8 Å². The molecule has 1 amide bonds. The molecule has 0 unspecified atom stereocenters. The van der Waals surface area contributed by atoms with Gasteiger partial charge in [-0.2, -0.15) is 18.3 Å². The summed E-state index contributed by atoms with van der Waals surface area (Å²) in [5.41, 5.74) is 13.7. The first-order chi connectivity index (χ1) is 19.7. The minimum Gasteiger partial charge on any atom is -0.321 e. The number of halogens is 3. The minimum atomic E-state index is -4.58. The molecule has 4 heterocycles. The molecular weight excluding hydrogens is 553 g/mol. The van der Waals surface area contributed by atoms with Crippen molar-refractivity contribution >= 4 is 39.9 Å². The predicted molar refractivity (Wildman–Crippen MR) is 155 cm³/mol. The van der Waals surface area contributed by atoms with E-state index in [2.05, 4.69) is 66.7 Å². The Bertz CT molecular complexity index is 1520. The molecule has 0 saturated carbocycles. The summed E-state index contributed by atoms with van der Waals surface area (Å²) in [6.07, 6.45) is -3.62. The molecule has 1 fully saturated rings. The Morgan fingerprint density at radius 1 is 1.12 bits per heavy atom. The number of likely N-dealkylation sites (N-methyl/N-ethyl adjacent to an activating group) is 1. The maximum atomic E-state index is 13.3. The molecule has 3 aliphatic heterocycles. The first-order valence-electron chi connectivity index (χ1n) is 13.2. The third-order valence-corrected chi connectivity index (χ3v) is 8.23. The molecule has 41 heavy (non-hydrogen) atoms. The molecule has 1 saturated heterocycles. The first kappa shape index (κ1) is 27.4. The van der Waals surface area contributed by atoms with Gasteiger partial charge in [0.15, 0.2) is 5.71 Å². The summed E-state index contributed by atoms with van der Waals surface area (Å²) < 4.78 is 39.4. The highest BCUT2D eigenvalue weighted by molar-refractivity contribution is 7.11. The third kappa shape index (κ3) is 6.12. The number of aromatic nitrogens is 1. The Labute approximate surface area is 239 Å². The monoisotopic (exact) mass is 582 g/mol. The van der Waals surface area contributed by atoms with Gasteiger partial charge in [-0.15, -0.1) is 11.3 Å². The van der Waals surface area contributed by atoms with E-state index in [4.69, 9.17) is 0 Å². The van der Waals surface area contributed by atoms with E-state index in [1.807, 2.05) is 18.2 Å². The Balaban J connectivity index is 1.24. The van der Waals surface area contributed by atoms with Crippen LogP contribution in [-0.2, 0) is 13.1 Å². The van der Waals surface area contributed by atoms with Crippen molar-refractivity contribution in [2.45, 2.75) is 19.3 Å². The number of hydrogen-bond donors (Lipinski definition) is 4. The van der Waals surface area contributed by atoms with Crippen LogP contribution in [0.1, 0.15) is 26.6 Å². The fourth-order valence-corrected chi connectivity index (χ4v) is 5.85. The van der Waals surface area contributed by atoms with Crippen LogP contribution in [-0.4, -0.2) is 72.4 Å². The number of hydrazone groups is 1. The standard InChI is InChI=1S/C28H29F3N8OS/c1-38-5-7-39(8-6-38)15-17-3-2-4-18(9-17)21-10-19-13-32-36-22(19)12-23(21)34-26(40)24-16-41-27(35-24)20-11-25(28(29,30)31)37-33-14-20/h2-4,9-12,16,32-33,36H,5-8,13-15H2,1H3,(H,34,40). The van der Waals surface area contributed by atoms with Crippen molar-refractivity contribution in [1.29, 1.82) is 0 Å². The lowest BCUT2D eigenvalue weighted by atomic mass is 9.98. The molecule has 1 aromatic heterocycles. The zero-order valence-corrected chi connectivity index (χ0v) is 23.1. The van der Waals surface area contributed by atoms with Gasteiger partial charge < -0.3 is 21.1 Å². The second kappa shape index (κ2) is 11.2. The largest absolute Gasteiger partial charge is 0.435 e. The topological polar surface area (TPSA) is 96.9 Å². The molecule has 3 aliphatic rings. The van der Waals surface area contributed by atoms with Gasteiger partial charge >= 0.3 is 6.18 Å². The number of anilines is 2. The van der Waals surface area contributed by atoms with Crippen LogP contribution in [0.4, 0.5) is 24.5 Å². The summed E-state index contributed by atoms with van der Waals surface area (Å²) >= 11 is 1.11. The molecule has 0 spiro atoms. The average Bonchev–Trinajstić information content (AvgIpc) is 3.64. The fourth-order valence-electron chi connectivity index (χ4n) is 5.04. The van der Waals surface area contributed by atoms with Gasteiger partial charge in [0.1, 0.15) is 10.7 Å². The Morgan fingerprint density at radius 3 is 2.76 bits per heavy atom. The number of carbonyl (C=O) groups excluding carboxylic acids is 1. The molecule has 0 atom stereocenters. The number of alkyl halides is 3. The number of hydrazine groups is 1. The van der Waals surface area contributed by atoms with Crippen molar-refractivity contribution in [2.24, 2.45) is 5.10 Å². The van der Waals surface area contributed by atoms with Crippen LogP contribution in [0.5, 0.6) is 0 Å². The first-order valence-corrected chi connectivity index (χ1v) is 14.1. The van der Waals surface area contributed by atoms with Crippen LogP contribution >= 0.6 is 11.3 Å². The average molecular weight is 583 g/mol. The summed E-state index contributed by atoms with van der Waals surface area (Å²) in [6, 6.07) is 12.3. The number of benzene rings is 2. The number of amides is 1. The lowest BCUT2D eigenvalue weighted by Gasteiger charge is -2.32. The van der Waals surface area contributed by atoms with Crippen LogP contribution in [0.3, 0.4) is 0 Å². The van der Waals surface area contributed by atoms with Gasteiger partial charge in [-0.25, -0.2) is 10.4 Å². The van der Waals surface area contributed by atoms with Gasteiger partial charge in [0.25, 0.3) is 5.91 Å². The van der Waals surface area contributed by atoms with E-state index in [1.54, 1.807) is 5.38 Å². The zero-order valence-electron chi connectivity index (χ0n) is 22.3. The maximum absolute atomic E-state index is 13.3. The lowest BCUT2D eigenvalue weighted by molar-refractivity contribution is -0.0582. The molecule has 0 bridgehead atoms. The van der Waals surface area contributed by atoms with Crippen LogP contribution < -0.4 is 21.6 Å². The second-order valence-electron chi connectivity index (χ2n) is 10.3. The van der Waals surface area contributed by atoms with Crippen molar-refractivity contribution in [2.75, 3.05) is 50.5 Å². The second-order valence-corrected chi connectivity index (χ2v) is 11.2. The van der Waals surface area contributed by atoms with Crippen LogP contribution in [0.2, 0.25) is 0 Å². The number of hydrogen-bond acceptors (Lipinski definition) is 9. The molecule has 0 radical (unpaired) electrons. The number of allylic oxidation sites excluding steroid dienone is 1. The van der Waals surface area contributed by atoms with Gasteiger partial charge in [-0.3, -0.25) is 9.69 Å². The van der Waals surface area contributed by atoms with Crippen LogP contribution in [0.15, 0.2) is 53.0 Å². The van der Waals surface area contributed by atoms with Gasteiger partial charge in [0.05, 0.1) is 17.9 Å². The van der Waals surface area contributed by atoms with E-state index in [9.17, 15) is 18.0 Å². The van der Waals surface area contributed by atoms with Crippen molar-refractivity contribution < 1.29 is 18.0 Å². The third-order valence-electron chi connectivity index (χ3n) is 7.32. The van der Waals surface area contributed by atoms with Gasteiger partial charge in [-0.05, 0) is 48.0 Å². The summed E-state index contributed by atoms with van der Waals surface area (Å²) in [4.78, 5) is 22.4. The molecule has 13 heteroatoms. The highest BCUT2D eigenvalue weighted by atomic mass is 32.1. The molecule has 2 aromatic carbocycles. The molecule has 0 aliphatic carbocycles. The summed E-state index contributed by atoms with van der Waals surface area (Å²) in [5, 5.41) is 8.20. The lowest BCUT2D eigenvalue weighted by Crippen LogP contribution is -2.43. The number of nitrogens with one attached hydrogen (secondary N) is 4. The quantitative estimate of drug-likeness (QED) is 0.347. The Kier molecular flexibility index (Phi) is 7.51. The molecular formula is C28H29F3N8OS. The summed E-state index contributed by atoms with van der Waals surface area (Å²) in [7, 11) is 2.14. The van der Waals surface area contributed by atoms with Crippen molar-refractivity contribution in [3.8, 4) is 11.1 Å². The fraction of sp³-hybridized carbons (Fsp3) is 0.321. The Morgan fingerprint density at radius 2 is 1.95 bits per heavy atom. The maximum Gasteiger partial charge on any atom is 0.435 e. The van der Waals surface area contributed by atoms with E-state index in [0.29, 0.717) is 22.8 Å². The number of carbonyl (C=O) groups is 1. The van der Waals surface area contributed by atoms with E-state index in [0.717, 1.165) is 72.5 Å². The summed E-state index contributed by atoms with van der Waals surface area (Å²) in [6.45, 7) is 5.72. The molecule has 214 valence electrons. The van der Waals surface area contributed by atoms with E-state index >= 15 is 0 Å². The number of rotatable bonds is 6. The van der Waals surface area contributed by atoms with Gasteiger partial charge in [-0.1, -0.05) is 18.2 Å². The molecule has 9 nitrogen and oxygen atoms in total. The normalized spacial score (nSPS) is 17.8. The van der Waals surface area contributed by atoms with Crippen LogP contribution in [0.25, 0.3) is 16.7 Å². The SMILES string of the molecule is CN1CCN(Cc2cccc(-c3cc4c(cc3NC(=O)c3csc(C5=CC(C(F)(F)F)=NNC5)n3)NNC4)c2)CC1. The molecule has 4 N–H and O–H groups in total. The van der Waals surface area contributed by atoms with Crippen molar-refractivity contribution in [1.82, 2.24) is 25.6 Å². The predicted octanol–water partition coefficient (Wildman–Crippen LogP) is 4.14. The van der Waals surface area contributed by atoms with Crippen molar-refractivity contribution in [3.63, 3.8) is 0 Å². The zero-order chi connectivity index (χ0) is 28.6. The summed E-state index contributed by atoms with van der Waals surface area (Å²) in [5.74, 6) is -0.442. The number of nitrogens with zero attached hydrogens (tertiary/aromatic N) is 4. The van der Waals surface area contributed by atoms with Crippen molar-refractivity contribution in [3.05, 3.63) is 69.7 Å². The number of piperazine rings is 1. The minimum absolute atomic E-state index is 0.0895.